The highest BCUT2D eigenvalue weighted by Gasteiger charge is 2.16. The molecule has 2 aromatic carbocycles. The number of H-pyrrole nitrogens is 1. The fourth-order valence-corrected chi connectivity index (χ4v) is 2.62. The van der Waals surface area contributed by atoms with Crippen LogP contribution >= 0.6 is 15.9 Å². The Morgan fingerprint density at radius 3 is 2.50 bits per heavy atom. The molecule has 0 fully saturated rings. The van der Waals surface area contributed by atoms with Crippen molar-refractivity contribution in [3.05, 3.63) is 46.4 Å². The van der Waals surface area contributed by atoms with Gasteiger partial charge < -0.3 is 10.1 Å². The molecule has 3 aromatic rings. The Morgan fingerprint density at radius 1 is 1.00 bits per heavy atom. The predicted octanol–water partition coefficient (Wildman–Crippen LogP) is 4.31. The summed E-state index contributed by atoms with van der Waals surface area (Å²) in [5.74, 6) is 0. The number of aromatic amines is 1. The minimum absolute atomic E-state index is 0.813. The molecule has 0 amide bonds. The molecule has 0 radical (unpaired) electrons. The first kappa shape index (κ1) is 11.8. The van der Waals surface area contributed by atoms with Gasteiger partial charge >= 0.3 is 0 Å². The second-order valence-electron chi connectivity index (χ2n) is 5.13. The third kappa shape index (κ3) is 1.84. The zero-order valence-corrected chi connectivity index (χ0v) is 11.9. The molecule has 2 N–H and O–H groups in total. The average Bonchev–Trinajstić information content (AvgIpc) is 2.65. The number of benzene rings is 2. The van der Waals surface area contributed by atoms with Crippen molar-refractivity contribution in [2.75, 3.05) is 0 Å². The number of halogens is 1. The summed E-state index contributed by atoms with van der Waals surface area (Å²) in [5, 5.41) is 12.4. The lowest BCUT2D eigenvalue weighted by atomic mass is 9.97. The molecule has 1 heterocycles. The molecule has 0 saturated heterocycles. The van der Waals surface area contributed by atoms with Gasteiger partial charge in [-0.2, -0.15) is 0 Å². The smallest absolute Gasteiger partial charge is 0.0841 e. The number of aliphatic hydroxyl groups is 1. The summed E-state index contributed by atoms with van der Waals surface area (Å²) in [6.45, 7) is 3.60. The van der Waals surface area contributed by atoms with E-state index in [4.69, 9.17) is 0 Å². The zero-order valence-electron chi connectivity index (χ0n) is 10.3. The first-order valence-electron chi connectivity index (χ1n) is 5.89. The molecule has 92 valence electrons. The highest BCUT2D eigenvalue weighted by atomic mass is 79.9. The summed E-state index contributed by atoms with van der Waals surface area (Å²) in [5.41, 5.74) is 2.27. The van der Waals surface area contributed by atoms with Gasteiger partial charge in [-0.15, -0.1) is 0 Å². The maximum Gasteiger partial charge on any atom is 0.0841 e. The van der Waals surface area contributed by atoms with Gasteiger partial charge in [-0.05, 0) is 43.7 Å². The number of fused-ring (bicyclic) bond motifs is 3. The van der Waals surface area contributed by atoms with Gasteiger partial charge in [0.25, 0.3) is 0 Å². The largest absolute Gasteiger partial charge is 0.386 e. The van der Waals surface area contributed by atoms with Crippen molar-refractivity contribution >= 4 is 37.7 Å². The van der Waals surface area contributed by atoms with Gasteiger partial charge in [-0.25, -0.2) is 0 Å². The third-order valence-electron chi connectivity index (χ3n) is 3.27. The topological polar surface area (TPSA) is 36.0 Å². The number of nitrogens with one attached hydrogen (secondary N) is 1. The number of hydrogen-bond donors (Lipinski definition) is 2. The van der Waals surface area contributed by atoms with E-state index < -0.39 is 5.60 Å². The van der Waals surface area contributed by atoms with Crippen LogP contribution in [-0.4, -0.2) is 10.1 Å². The minimum Gasteiger partial charge on any atom is -0.386 e. The summed E-state index contributed by atoms with van der Waals surface area (Å²) in [6, 6.07) is 12.3. The summed E-state index contributed by atoms with van der Waals surface area (Å²) < 4.78 is 1.07. The van der Waals surface area contributed by atoms with Crippen molar-refractivity contribution in [1.82, 2.24) is 4.98 Å². The number of aromatic nitrogens is 1. The van der Waals surface area contributed by atoms with Gasteiger partial charge in [0, 0.05) is 26.3 Å². The Labute approximate surface area is 114 Å². The van der Waals surface area contributed by atoms with E-state index in [1.54, 1.807) is 13.8 Å². The van der Waals surface area contributed by atoms with Gasteiger partial charge in [0.1, 0.15) is 0 Å². The van der Waals surface area contributed by atoms with E-state index in [1.165, 1.54) is 10.8 Å². The van der Waals surface area contributed by atoms with E-state index in [1.807, 2.05) is 18.2 Å². The third-order valence-corrected chi connectivity index (χ3v) is 3.76. The summed E-state index contributed by atoms with van der Waals surface area (Å²) in [4.78, 5) is 3.39. The van der Waals surface area contributed by atoms with Crippen molar-refractivity contribution in [2.45, 2.75) is 19.4 Å². The summed E-state index contributed by atoms with van der Waals surface area (Å²) in [6.07, 6.45) is 0. The second kappa shape index (κ2) is 3.84. The molecule has 2 nitrogen and oxygen atoms in total. The fourth-order valence-electron chi connectivity index (χ4n) is 2.26. The molecule has 18 heavy (non-hydrogen) atoms. The maximum atomic E-state index is 10.0. The van der Waals surface area contributed by atoms with Crippen LogP contribution in [0.2, 0.25) is 0 Å². The molecule has 1 aromatic heterocycles. The van der Waals surface area contributed by atoms with Crippen LogP contribution < -0.4 is 0 Å². The van der Waals surface area contributed by atoms with Crippen molar-refractivity contribution in [1.29, 1.82) is 0 Å². The van der Waals surface area contributed by atoms with E-state index in [0.717, 1.165) is 21.1 Å². The fraction of sp³-hybridized carbons (Fsp3) is 0.200. The van der Waals surface area contributed by atoms with Crippen molar-refractivity contribution in [2.24, 2.45) is 0 Å². The van der Waals surface area contributed by atoms with Crippen molar-refractivity contribution < 1.29 is 5.11 Å². The standard InChI is InChI=1S/C15H14BrNO/c1-15(2,18)9-3-5-11-12-8-10(16)4-6-13(12)17-14(11)7-9/h3-8,17-18H,1-2H3. The maximum absolute atomic E-state index is 10.0. The van der Waals surface area contributed by atoms with Crippen molar-refractivity contribution in [3.8, 4) is 0 Å². The molecule has 0 bridgehead atoms. The average molecular weight is 304 g/mol. The molecule has 0 atom stereocenters. The first-order valence-corrected chi connectivity index (χ1v) is 6.68. The van der Waals surface area contributed by atoms with E-state index in [0.29, 0.717) is 0 Å². The van der Waals surface area contributed by atoms with Gasteiger partial charge in [0.2, 0.25) is 0 Å². The molecule has 0 unspecified atom stereocenters. The SMILES string of the molecule is CC(C)(O)c1ccc2c(c1)[nH]c1ccc(Br)cc12. The quantitative estimate of drug-likeness (QED) is 0.690. The normalized spacial score (nSPS) is 12.4. The highest BCUT2D eigenvalue weighted by Crippen LogP contribution is 2.30. The lowest BCUT2D eigenvalue weighted by Crippen LogP contribution is -2.14. The van der Waals surface area contributed by atoms with E-state index in [-0.39, 0.29) is 0 Å². The van der Waals surface area contributed by atoms with Gasteiger partial charge in [-0.1, -0.05) is 28.1 Å². The van der Waals surface area contributed by atoms with Gasteiger partial charge in [0.15, 0.2) is 0 Å². The summed E-state index contributed by atoms with van der Waals surface area (Å²) in [7, 11) is 0. The van der Waals surface area contributed by atoms with E-state index >= 15 is 0 Å². The molecule has 0 saturated carbocycles. The molecule has 3 rings (SSSR count). The minimum atomic E-state index is -0.813. The Hall–Kier alpha value is -1.32. The lowest BCUT2D eigenvalue weighted by molar-refractivity contribution is 0.0787. The van der Waals surface area contributed by atoms with Crippen molar-refractivity contribution in [3.63, 3.8) is 0 Å². The molecular weight excluding hydrogens is 290 g/mol. The van der Waals surface area contributed by atoms with Crippen LogP contribution in [0.3, 0.4) is 0 Å². The van der Waals surface area contributed by atoms with Crippen LogP contribution in [0.25, 0.3) is 21.8 Å². The Balaban J connectivity index is 2.34. The van der Waals surface area contributed by atoms with Gasteiger partial charge in [-0.3, -0.25) is 0 Å². The van der Waals surface area contributed by atoms with Crippen LogP contribution in [0.4, 0.5) is 0 Å². The molecule has 3 heteroatoms. The van der Waals surface area contributed by atoms with Gasteiger partial charge in [0.05, 0.1) is 5.60 Å². The van der Waals surface area contributed by atoms with E-state index in [2.05, 4.69) is 39.1 Å². The molecule has 0 aliphatic carbocycles. The van der Waals surface area contributed by atoms with E-state index in [9.17, 15) is 5.11 Å². The molecular formula is C15H14BrNO. The monoisotopic (exact) mass is 303 g/mol. The van der Waals surface area contributed by atoms with Crippen LogP contribution in [0.1, 0.15) is 19.4 Å². The Bertz CT molecular complexity index is 737. The highest BCUT2D eigenvalue weighted by molar-refractivity contribution is 9.10. The lowest BCUT2D eigenvalue weighted by Gasteiger charge is -2.17. The van der Waals surface area contributed by atoms with Crippen LogP contribution in [0.5, 0.6) is 0 Å². The van der Waals surface area contributed by atoms with Crippen LogP contribution in [-0.2, 0) is 5.60 Å². The Morgan fingerprint density at radius 2 is 1.78 bits per heavy atom. The molecule has 0 spiro atoms. The molecule has 0 aliphatic rings. The van der Waals surface area contributed by atoms with Crippen LogP contribution in [0, 0.1) is 0 Å². The summed E-state index contributed by atoms with van der Waals surface area (Å²) >= 11 is 3.50. The number of hydrogen-bond acceptors (Lipinski definition) is 1. The zero-order chi connectivity index (χ0) is 12.9. The second-order valence-corrected chi connectivity index (χ2v) is 6.05. The predicted molar refractivity (Wildman–Crippen MR) is 78.7 cm³/mol. The van der Waals surface area contributed by atoms with Crippen LogP contribution in [0.15, 0.2) is 40.9 Å². The Kier molecular flexibility index (Phi) is 2.50. The number of rotatable bonds is 1. The first-order chi connectivity index (χ1) is 8.45. The molecule has 0 aliphatic heterocycles.